The Morgan fingerprint density at radius 3 is 0.899 bits per heavy atom. The van der Waals surface area contributed by atoms with Crippen LogP contribution in [0, 0.1) is 0 Å². The minimum atomic E-state index is -0.771. The Bertz CT molecular complexity index is 1250. The summed E-state index contributed by atoms with van der Waals surface area (Å²) in [5, 5.41) is 0. The Kier molecular flexibility index (Phi) is 55.3. The summed E-state index contributed by atoms with van der Waals surface area (Å²) in [5.41, 5.74) is 0. The molecule has 1 unspecified atom stereocenters. The van der Waals surface area contributed by atoms with Crippen molar-refractivity contribution >= 4 is 17.9 Å². The molecule has 1 atom stereocenters. The lowest BCUT2D eigenvalue weighted by atomic mass is 10.0. The van der Waals surface area contributed by atoms with Crippen LogP contribution in [0.5, 0.6) is 0 Å². The molecule has 0 radical (unpaired) electrons. The van der Waals surface area contributed by atoms with E-state index in [1.54, 1.807) is 0 Å². The van der Waals surface area contributed by atoms with E-state index in [1.807, 2.05) is 0 Å². The normalized spacial score (nSPS) is 12.4. The molecule has 0 aliphatic carbocycles. The Hall–Kier alpha value is -2.89. The summed E-state index contributed by atoms with van der Waals surface area (Å²) in [6, 6.07) is 0. The highest BCUT2D eigenvalue weighted by Crippen LogP contribution is 2.17. The zero-order valence-corrected chi connectivity index (χ0v) is 45.8. The minimum Gasteiger partial charge on any atom is -0.462 e. The summed E-state index contributed by atoms with van der Waals surface area (Å²) < 4.78 is 16.7. The Morgan fingerprint density at radius 1 is 0.304 bits per heavy atom. The maximum Gasteiger partial charge on any atom is 0.306 e. The minimum absolute atomic E-state index is 0.0741. The molecule has 6 nitrogen and oxygen atoms in total. The molecule has 0 fully saturated rings. The number of rotatable bonds is 54. The van der Waals surface area contributed by atoms with Crippen LogP contribution in [-0.4, -0.2) is 37.2 Å². The zero-order chi connectivity index (χ0) is 50.0. The van der Waals surface area contributed by atoms with Crippen LogP contribution in [0.25, 0.3) is 0 Å². The van der Waals surface area contributed by atoms with E-state index < -0.39 is 6.10 Å². The summed E-state index contributed by atoms with van der Waals surface area (Å²) in [5.74, 6) is -0.885. The molecule has 0 rings (SSSR count). The SMILES string of the molecule is CC/C=C\C/C=C\C/C=C\C/C=C\CCCCCCCCCCCCCCCCCCCCC(=O)OCC(COC(=O)CCCCCCC)OC(=O)CCCCCCC/C=C\CCCCCCCC. The molecule has 400 valence electrons. The molecule has 0 aliphatic heterocycles. The highest BCUT2D eigenvalue weighted by molar-refractivity contribution is 5.71. The van der Waals surface area contributed by atoms with E-state index in [0.717, 1.165) is 96.3 Å². The second-order valence-electron chi connectivity index (χ2n) is 19.9. The van der Waals surface area contributed by atoms with Crippen LogP contribution in [0.3, 0.4) is 0 Å². The van der Waals surface area contributed by atoms with Crippen molar-refractivity contribution in [3.8, 4) is 0 Å². The summed E-state index contributed by atoms with van der Waals surface area (Å²) in [4.78, 5) is 37.8. The largest absolute Gasteiger partial charge is 0.462 e. The van der Waals surface area contributed by atoms with Crippen LogP contribution in [0.2, 0.25) is 0 Å². The first-order chi connectivity index (χ1) is 34.0. The maximum absolute atomic E-state index is 12.8. The molecule has 0 saturated carbocycles. The molecule has 0 aromatic rings. The van der Waals surface area contributed by atoms with E-state index in [1.165, 1.54) is 167 Å². The van der Waals surface area contributed by atoms with Crippen LogP contribution in [0.1, 0.15) is 303 Å². The van der Waals surface area contributed by atoms with E-state index in [9.17, 15) is 14.4 Å². The van der Waals surface area contributed by atoms with Crippen LogP contribution in [0.4, 0.5) is 0 Å². The summed E-state index contributed by atoms with van der Waals surface area (Å²) in [6.07, 6.45) is 72.8. The van der Waals surface area contributed by atoms with Gasteiger partial charge in [-0.05, 0) is 83.5 Å². The van der Waals surface area contributed by atoms with Crippen molar-refractivity contribution in [3.63, 3.8) is 0 Å². The smallest absolute Gasteiger partial charge is 0.306 e. The van der Waals surface area contributed by atoms with E-state index in [2.05, 4.69) is 81.5 Å². The van der Waals surface area contributed by atoms with Crippen molar-refractivity contribution in [1.82, 2.24) is 0 Å². The van der Waals surface area contributed by atoms with Gasteiger partial charge in [0.1, 0.15) is 13.2 Å². The van der Waals surface area contributed by atoms with Gasteiger partial charge in [0.05, 0.1) is 0 Å². The fourth-order valence-corrected chi connectivity index (χ4v) is 8.55. The first-order valence-corrected chi connectivity index (χ1v) is 29.8. The van der Waals surface area contributed by atoms with Crippen molar-refractivity contribution in [2.45, 2.75) is 309 Å². The van der Waals surface area contributed by atoms with Gasteiger partial charge in [0, 0.05) is 19.3 Å². The van der Waals surface area contributed by atoms with Crippen LogP contribution in [-0.2, 0) is 28.6 Å². The molecule has 0 saturated heterocycles. The van der Waals surface area contributed by atoms with Gasteiger partial charge in [0.2, 0.25) is 0 Å². The van der Waals surface area contributed by atoms with E-state index in [4.69, 9.17) is 14.2 Å². The van der Waals surface area contributed by atoms with Crippen molar-refractivity contribution in [2.24, 2.45) is 0 Å². The number of unbranched alkanes of at least 4 members (excludes halogenated alkanes) is 33. The number of hydrogen-bond acceptors (Lipinski definition) is 6. The number of carbonyl (C=O) groups is 3. The average molecular weight is 966 g/mol. The first-order valence-electron chi connectivity index (χ1n) is 29.8. The second kappa shape index (κ2) is 57.7. The number of hydrogen-bond donors (Lipinski definition) is 0. The van der Waals surface area contributed by atoms with Gasteiger partial charge in [-0.2, -0.15) is 0 Å². The van der Waals surface area contributed by atoms with E-state index >= 15 is 0 Å². The molecular weight excluding hydrogens is 853 g/mol. The predicted molar refractivity (Wildman–Crippen MR) is 298 cm³/mol. The molecule has 0 N–H and O–H groups in total. The number of esters is 3. The molecule has 0 spiro atoms. The second-order valence-corrected chi connectivity index (χ2v) is 19.9. The fourth-order valence-electron chi connectivity index (χ4n) is 8.55. The Balaban J connectivity index is 3.95. The van der Waals surface area contributed by atoms with Gasteiger partial charge in [-0.25, -0.2) is 0 Å². The zero-order valence-electron chi connectivity index (χ0n) is 45.8. The molecule has 0 bridgehead atoms. The van der Waals surface area contributed by atoms with Crippen LogP contribution >= 0.6 is 0 Å². The first kappa shape index (κ1) is 66.1. The van der Waals surface area contributed by atoms with Crippen molar-refractivity contribution in [3.05, 3.63) is 60.8 Å². The molecule has 0 aromatic heterocycles. The molecule has 69 heavy (non-hydrogen) atoms. The standard InChI is InChI=1S/C63H112O6/c1-4-7-10-13-15-17-19-21-23-24-25-26-27-28-29-30-31-32-33-34-35-36-37-38-40-41-43-45-47-50-53-56-62(65)68-59-60(58-67-61(64)55-52-49-12-9-6-3)69-63(66)57-54-51-48-46-44-42-39-22-20-18-16-14-11-8-5-2/h7,10,15,17,21-23,25-26,39,60H,4-6,8-9,11-14,16,18-20,24,27-38,40-59H2,1-3H3/b10-7-,17-15-,23-21-,26-25-,39-22-. The third kappa shape index (κ3) is 55.9. The molecular formula is C63H112O6. The maximum atomic E-state index is 12.8. The average Bonchev–Trinajstić information content (AvgIpc) is 3.35. The highest BCUT2D eigenvalue weighted by Gasteiger charge is 2.19. The fraction of sp³-hybridized carbons (Fsp3) is 0.794. The summed E-state index contributed by atoms with van der Waals surface area (Å²) in [7, 11) is 0. The number of ether oxygens (including phenoxy) is 3. The van der Waals surface area contributed by atoms with Gasteiger partial charge in [-0.15, -0.1) is 0 Å². The van der Waals surface area contributed by atoms with Gasteiger partial charge in [0.25, 0.3) is 0 Å². The molecule has 0 amide bonds. The van der Waals surface area contributed by atoms with Gasteiger partial charge in [0.15, 0.2) is 6.10 Å². The van der Waals surface area contributed by atoms with E-state index in [-0.39, 0.29) is 31.1 Å². The Labute approximate surface area is 428 Å². The van der Waals surface area contributed by atoms with Crippen LogP contribution < -0.4 is 0 Å². The summed E-state index contributed by atoms with van der Waals surface area (Å²) in [6.45, 7) is 6.46. The lowest BCUT2D eigenvalue weighted by Crippen LogP contribution is -2.30. The van der Waals surface area contributed by atoms with Gasteiger partial charge in [-0.3, -0.25) is 14.4 Å². The van der Waals surface area contributed by atoms with Gasteiger partial charge >= 0.3 is 17.9 Å². The van der Waals surface area contributed by atoms with Crippen molar-refractivity contribution in [2.75, 3.05) is 13.2 Å². The lowest BCUT2D eigenvalue weighted by molar-refractivity contribution is -0.167. The summed E-state index contributed by atoms with van der Waals surface area (Å²) >= 11 is 0. The van der Waals surface area contributed by atoms with Gasteiger partial charge < -0.3 is 14.2 Å². The van der Waals surface area contributed by atoms with E-state index in [0.29, 0.717) is 19.3 Å². The molecule has 6 heteroatoms. The number of allylic oxidation sites excluding steroid dienone is 10. The van der Waals surface area contributed by atoms with Crippen molar-refractivity contribution in [1.29, 1.82) is 0 Å². The molecule has 0 aliphatic rings. The quantitative estimate of drug-likeness (QED) is 0.0262. The topological polar surface area (TPSA) is 78.9 Å². The van der Waals surface area contributed by atoms with Crippen LogP contribution in [0.15, 0.2) is 60.8 Å². The third-order valence-electron chi connectivity index (χ3n) is 13.0. The highest BCUT2D eigenvalue weighted by atomic mass is 16.6. The molecule has 0 aromatic carbocycles. The van der Waals surface area contributed by atoms with Gasteiger partial charge in [-0.1, -0.05) is 261 Å². The lowest BCUT2D eigenvalue weighted by Gasteiger charge is -2.18. The molecule has 0 heterocycles. The third-order valence-corrected chi connectivity index (χ3v) is 13.0. The number of carbonyl (C=O) groups excluding carboxylic acids is 3. The monoisotopic (exact) mass is 965 g/mol. The van der Waals surface area contributed by atoms with Crippen molar-refractivity contribution < 1.29 is 28.6 Å². The Morgan fingerprint density at radius 2 is 0.565 bits per heavy atom. The predicted octanol–water partition coefficient (Wildman–Crippen LogP) is 20.0.